The molecule has 0 fully saturated rings. The third-order valence-corrected chi connectivity index (χ3v) is 6.24. The Morgan fingerprint density at radius 1 is 0.703 bits per heavy atom. The zero-order chi connectivity index (χ0) is 24.9. The quantitative estimate of drug-likeness (QED) is 0.218. The Hall–Kier alpha value is -4.96. The molecule has 0 bridgehead atoms. The minimum absolute atomic E-state index is 0.503. The highest BCUT2D eigenvalue weighted by Gasteiger charge is 2.10. The summed E-state index contributed by atoms with van der Waals surface area (Å²) in [6, 6.07) is 44.9. The summed E-state index contributed by atoms with van der Waals surface area (Å²) in [6.45, 7) is 0.503. The number of aromatic nitrogens is 2. The van der Waals surface area contributed by atoms with Gasteiger partial charge in [0.25, 0.3) is 0 Å². The van der Waals surface area contributed by atoms with E-state index in [0.29, 0.717) is 6.61 Å². The van der Waals surface area contributed by atoms with E-state index in [1.54, 1.807) is 0 Å². The van der Waals surface area contributed by atoms with E-state index in [0.717, 1.165) is 39.6 Å². The molecule has 0 aliphatic carbocycles. The zero-order valence-electron chi connectivity index (χ0n) is 20.2. The van der Waals surface area contributed by atoms with Gasteiger partial charge >= 0.3 is 0 Å². The van der Waals surface area contributed by atoms with Gasteiger partial charge in [-0.1, -0.05) is 103 Å². The van der Waals surface area contributed by atoms with Gasteiger partial charge < -0.3 is 4.74 Å². The molecule has 0 saturated carbocycles. The second kappa shape index (κ2) is 10.3. The van der Waals surface area contributed by atoms with Crippen molar-refractivity contribution in [2.24, 2.45) is 4.99 Å². The smallest absolute Gasteiger partial charge is 0.156 e. The van der Waals surface area contributed by atoms with Crippen molar-refractivity contribution in [3.8, 4) is 22.7 Å². The number of nitrogens with zero attached hydrogens (tertiary/aromatic N) is 3. The van der Waals surface area contributed by atoms with Gasteiger partial charge in [-0.2, -0.15) is 5.10 Å². The van der Waals surface area contributed by atoms with Gasteiger partial charge in [-0.05, 0) is 46.2 Å². The molecule has 4 heteroatoms. The maximum atomic E-state index is 6.17. The molecule has 4 nitrogen and oxygen atoms in total. The lowest BCUT2D eigenvalue weighted by atomic mass is 10.1. The number of aliphatic imine (C=N–C) groups is 1. The van der Waals surface area contributed by atoms with Crippen LogP contribution in [0, 0.1) is 0 Å². The van der Waals surface area contributed by atoms with E-state index in [4.69, 9.17) is 14.8 Å². The van der Waals surface area contributed by atoms with Crippen molar-refractivity contribution in [2.75, 3.05) is 0 Å². The van der Waals surface area contributed by atoms with Crippen LogP contribution in [0.4, 0.5) is 5.82 Å². The lowest BCUT2D eigenvalue weighted by Gasteiger charge is -2.09. The Morgan fingerprint density at radius 2 is 1.43 bits per heavy atom. The molecule has 1 heterocycles. The number of hydrogen-bond acceptors (Lipinski definition) is 3. The van der Waals surface area contributed by atoms with Gasteiger partial charge in [0.1, 0.15) is 12.4 Å². The van der Waals surface area contributed by atoms with Crippen molar-refractivity contribution >= 4 is 22.8 Å². The van der Waals surface area contributed by atoms with Crippen LogP contribution in [0.15, 0.2) is 138 Å². The van der Waals surface area contributed by atoms with Crippen LogP contribution in [0.5, 0.6) is 5.75 Å². The molecule has 178 valence electrons. The molecule has 0 aliphatic rings. The topological polar surface area (TPSA) is 39.4 Å². The van der Waals surface area contributed by atoms with Crippen molar-refractivity contribution in [1.82, 2.24) is 9.78 Å². The van der Waals surface area contributed by atoms with Crippen molar-refractivity contribution in [3.63, 3.8) is 0 Å². The van der Waals surface area contributed by atoms with E-state index in [1.165, 1.54) is 10.8 Å². The lowest BCUT2D eigenvalue weighted by molar-refractivity contribution is 0.307. The maximum absolute atomic E-state index is 6.17. The number of ether oxygens (including phenoxy) is 1. The SMILES string of the molecule is C(=Nc1cc(-c2ccccc2)nn1-c1ccccc1)c1cccc(OCc2cccc3ccccc23)c1. The fourth-order valence-corrected chi connectivity index (χ4v) is 4.38. The summed E-state index contributed by atoms with van der Waals surface area (Å²) >= 11 is 0. The minimum Gasteiger partial charge on any atom is -0.489 e. The Bertz CT molecular complexity index is 1670. The van der Waals surface area contributed by atoms with Crippen LogP contribution in [-0.4, -0.2) is 16.0 Å². The summed E-state index contributed by atoms with van der Waals surface area (Å²) in [7, 11) is 0. The molecule has 0 unspecified atom stereocenters. The predicted octanol–water partition coefficient (Wildman–Crippen LogP) is 8.02. The largest absolute Gasteiger partial charge is 0.489 e. The van der Waals surface area contributed by atoms with Gasteiger partial charge in [0.05, 0.1) is 11.4 Å². The third-order valence-electron chi connectivity index (χ3n) is 6.24. The van der Waals surface area contributed by atoms with Crippen molar-refractivity contribution in [3.05, 3.63) is 145 Å². The van der Waals surface area contributed by atoms with E-state index < -0.39 is 0 Å². The molecule has 0 atom stereocenters. The highest BCUT2D eigenvalue weighted by Crippen LogP contribution is 2.27. The molecule has 0 aliphatic heterocycles. The molecule has 1 aromatic heterocycles. The highest BCUT2D eigenvalue weighted by atomic mass is 16.5. The molecule has 5 aromatic carbocycles. The normalized spacial score (nSPS) is 11.2. The minimum atomic E-state index is 0.503. The molecule has 6 rings (SSSR count). The highest BCUT2D eigenvalue weighted by molar-refractivity contribution is 5.85. The molecule has 0 N–H and O–H groups in total. The fraction of sp³-hybridized carbons (Fsp3) is 0.0303. The van der Waals surface area contributed by atoms with Crippen LogP contribution in [-0.2, 0) is 6.61 Å². The fourth-order valence-electron chi connectivity index (χ4n) is 4.38. The van der Waals surface area contributed by atoms with E-state index in [1.807, 2.05) is 89.8 Å². The number of hydrogen-bond donors (Lipinski definition) is 0. The Balaban J connectivity index is 1.26. The maximum Gasteiger partial charge on any atom is 0.156 e. The van der Waals surface area contributed by atoms with Crippen molar-refractivity contribution < 1.29 is 4.74 Å². The van der Waals surface area contributed by atoms with E-state index in [-0.39, 0.29) is 0 Å². The van der Waals surface area contributed by atoms with Crippen LogP contribution in [0.2, 0.25) is 0 Å². The molecular weight excluding hydrogens is 454 g/mol. The van der Waals surface area contributed by atoms with Crippen LogP contribution in [0.1, 0.15) is 11.1 Å². The first-order chi connectivity index (χ1) is 18.3. The van der Waals surface area contributed by atoms with Crippen molar-refractivity contribution in [2.45, 2.75) is 6.61 Å². The molecule has 0 spiro atoms. The lowest BCUT2D eigenvalue weighted by Crippen LogP contribution is -1.97. The second-order valence-electron chi connectivity index (χ2n) is 8.76. The first-order valence-electron chi connectivity index (χ1n) is 12.3. The molecule has 37 heavy (non-hydrogen) atoms. The number of rotatable bonds is 7. The molecule has 0 radical (unpaired) electrons. The average molecular weight is 480 g/mol. The summed E-state index contributed by atoms with van der Waals surface area (Å²) in [5, 5.41) is 7.28. The van der Waals surface area contributed by atoms with E-state index in [2.05, 4.69) is 54.6 Å². The Kier molecular flexibility index (Phi) is 6.29. The second-order valence-corrected chi connectivity index (χ2v) is 8.76. The Labute approximate surface area is 216 Å². The molecule has 0 saturated heterocycles. The molecular formula is C33H25N3O. The van der Waals surface area contributed by atoms with E-state index >= 15 is 0 Å². The summed E-state index contributed by atoms with van der Waals surface area (Å²) in [5.74, 6) is 1.56. The summed E-state index contributed by atoms with van der Waals surface area (Å²) in [5.41, 5.74) is 5.01. The zero-order valence-corrected chi connectivity index (χ0v) is 20.2. The third kappa shape index (κ3) is 5.04. The average Bonchev–Trinajstić information content (AvgIpc) is 3.40. The van der Waals surface area contributed by atoms with Gasteiger partial charge in [-0.25, -0.2) is 9.67 Å². The van der Waals surface area contributed by atoms with Crippen LogP contribution in [0.25, 0.3) is 27.7 Å². The standard InChI is InChI=1S/C33H25N3O/c1-3-13-27(14-4-1)32-22-33(36(35-32)29-17-5-2-6-18-29)34-23-25-11-9-19-30(21-25)37-24-28-16-10-15-26-12-7-8-20-31(26)28/h1-23H,24H2. The summed E-state index contributed by atoms with van der Waals surface area (Å²) in [6.07, 6.45) is 1.86. The van der Waals surface area contributed by atoms with E-state index in [9.17, 15) is 0 Å². The number of fused-ring (bicyclic) bond motifs is 1. The number of benzene rings is 5. The first-order valence-corrected chi connectivity index (χ1v) is 12.3. The van der Waals surface area contributed by atoms with Gasteiger partial charge in [0, 0.05) is 17.8 Å². The van der Waals surface area contributed by atoms with Crippen LogP contribution >= 0.6 is 0 Å². The van der Waals surface area contributed by atoms with Crippen LogP contribution < -0.4 is 4.74 Å². The number of para-hydroxylation sites is 1. The molecule has 6 aromatic rings. The summed E-state index contributed by atoms with van der Waals surface area (Å²) in [4.78, 5) is 4.82. The van der Waals surface area contributed by atoms with Gasteiger partial charge in [-0.15, -0.1) is 0 Å². The van der Waals surface area contributed by atoms with Crippen LogP contribution in [0.3, 0.4) is 0 Å². The van der Waals surface area contributed by atoms with Crippen molar-refractivity contribution in [1.29, 1.82) is 0 Å². The van der Waals surface area contributed by atoms with Gasteiger partial charge in [0.15, 0.2) is 5.82 Å². The summed E-state index contributed by atoms with van der Waals surface area (Å²) < 4.78 is 8.04. The van der Waals surface area contributed by atoms with Gasteiger partial charge in [0.2, 0.25) is 0 Å². The van der Waals surface area contributed by atoms with Gasteiger partial charge in [-0.3, -0.25) is 0 Å². The monoisotopic (exact) mass is 479 g/mol. The molecule has 0 amide bonds. The first kappa shape index (κ1) is 22.5. The predicted molar refractivity (Wildman–Crippen MR) is 151 cm³/mol. The Morgan fingerprint density at radius 3 is 2.30 bits per heavy atom.